The summed E-state index contributed by atoms with van der Waals surface area (Å²) in [6, 6.07) is 3.40. The van der Waals surface area contributed by atoms with Gasteiger partial charge < -0.3 is 19.5 Å². The Hall–Kier alpha value is -2.90. The molecule has 2 aromatic heterocycles. The number of ketones is 1. The molecule has 154 valence electrons. The number of rotatable bonds is 4. The number of piperazine rings is 1. The zero-order valence-electron chi connectivity index (χ0n) is 17.2. The average molecular weight is 397 g/mol. The van der Waals surface area contributed by atoms with Gasteiger partial charge in [0.05, 0.1) is 17.5 Å². The van der Waals surface area contributed by atoms with Gasteiger partial charge in [-0.25, -0.2) is 4.98 Å². The summed E-state index contributed by atoms with van der Waals surface area (Å²) in [4.78, 5) is 38.5. The van der Waals surface area contributed by atoms with Gasteiger partial charge in [0.1, 0.15) is 5.82 Å². The minimum atomic E-state index is -0.104. The van der Waals surface area contributed by atoms with E-state index in [1.165, 1.54) is 6.26 Å². The van der Waals surface area contributed by atoms with Crippen molar-refractivity contribution in [1.82, 2.24) is 14.9 Å². The first-order valence-electron chi connectivity index (χ1n) is 10.1. The number of nitrogens with one attached hydrogen (secondary N) is 1. The van der Waals surface area contributed by atoms with Crippen LogP contribution in [-0.2, 0) is 6.42 Å². The average Bonchev–Trinajstić information content (AvgIpc) is 3.21. The molecule has 0 aromatic carbocycles. The highest BCUT2D eigenvalue weighted by molar-refractivity contribution is 6.03. The Balaban J connectivity index is 1.56. The lowest BCUT2D eigenvalue weighted by Gasteiger charge is -2.36. The van der Waals surface area contributed by atoms with Gasteiger partial charge in [0.15, 0.2) is 11.5 Å². The molecule has 8 nitrogen and oxygen atoms in total. The van der Waals surface area contributed by atoms with E-state index in [-0.39, 0.29) is 17.1 Å². The molecule has 3 heterocycles. The fraction of sp³-hybridized carbons (Fsp3) is 0.524. The van der Waals surface area contributed by atoms with Crippen LogP contribution < -0.4 is 10.2 Å². The molecule has 1 aliphatic heterocycles. The highest BCUT2D eigenvalue weighted by Crippen LogP contribution is 2.37. The van der Waals surface area contributed by atoms with Crippen molar-refractivity contribution in [3.8, 4) is 0 Å². The van der Waals surface area contributed by atoms with Crippen molar-refractivity contribution in [2.75, 3.05) is 42.9 Å². The molecule has 4 rings (SSSR count). The van der Waals surface area contributed by atoms with Gasteiger partial charge in [-0.15, -0.1) is 0 Å². The zero-order chi connectivity index (χ0) is 20.6. The molecule has 0 unspecified atom stereocenters. The number of Topliss-reactive ketones (excluding diaryl/α,β-unsaturated/α-hetero) is 1. The van der Waals surface area contributed by atoms with E-state index >= 15 is 0 Å². The number of anilines is 2. The number of hydrogen-bond acceptors (Lipinski definition) is 7. The molecule has 0 radical (unpaired) electrons. The number of fused-ring (bicyclic) bond motifs is 1. The fourth-order valence-corrected chi connectivity index (χ4v) is 4.06. The Kier molecular flexibility index (Phi) is 5.02. The van der Waals surface area contributed by atoms with E-state index in [0.29, 0.717) is 62.2 Å². The Labute approximate surface area is 170 Å². The predicted molar refractivity (Wildman–Crippen MR) is 109 cm³/mol. The Morgan fingerprint density at radius 3 is 2.62 bits per heavy atom. The molecule has 0 spiro atoms. The van der Waals surface area contributed by atoms with Crippen LogP contribution in [0.3, 0.4) is 0 Å². The van der Waals surface area contributed by atoms with Crippen LogP contribution in [0.4, 0.5) is 11.8 Å². The molecule has 2 aliphatic rings. The van der Waals surface area contributed by atoms with E-state index in [9.17, 15) is 9.59 Å². The van der Waals surface area contributed by atoms with E-state index < -0.39 is 0 Å². The summed E-state index contributed by atoms with van der Waals surface area (Å²) in [6.45, 7) is 9.28. The maximum atomic E-state index is 12.7. The first-order chi connectivity index (χ1) is 13.9. The van der Waals surface area contributed by atoms with E-state index in [1.807, 2.05) is 6.92 Å². The first kappa shape index (κ1) is 19.4. The molecule has 1 amide bonds. The minimum Gasteiger partial charge on any atom is -0.459 e. The molecule has 8 heteroatoms. The maximum absolute atomic E-state index is 12.7. The van der Waals surface area contributed by atoms with E-state index in [4.69, 9.17) is 9.40 Å². The monoisotopic (exact) mass is 397 g/mol. The van der Waals surface area contributed by atoms with Crippen LogP contribution in [0, 0.1) is 5.41 Å². The summed E-state index contributed by atoms with van der Waals surface area (Å²) in [7, 11) is 0. The van der Waals surface area contributed by atoms with Crippen molar-refractivity contribution in [2.45, 2.75) is 33.6 Å². The number of nitrogens with zero attached hydrogens (tertiary/aromatic N) is 4. The number of hydrogen-bond donors (Lipinski definition) is 1. The van der Waals surface area contributed by atoms with E-state index in [1.54, 1.807) is 17.0 Å². The van der Waals surface area contributed by atoms with Crippen molar-refractivity contribution in [1.29, 1.82) is 0 Å². The third-order valence-electron chi connectivity index (χ3n) is 5.46. The zero-order valence-corrected chi connectivity index (χ0v) is 17.2. The first-order valence-corrected chi connectivity index (χ1v) is 10.1. The molecule has 1 fully saturated rings. The van der Waals surface area contributed by atoms with E-state index in [0.717, 1.165) is 12.1 Å². The van der Waals surface area contributed by atoms with E-state index in [2.05, 4.69) is 29.0 Å². The van der Waals surface area contributed by atoms with Gasteiger partial charge in [0.2, 0.25) is 5.95 Å². The second-order valence-electron chi connectivity index (χ2n) is 8.42. The number of carbonyl (C=O) groups is 2. The van der Waals surface area contributed by atoms with Gasteiger partial charge >= 0.3 is 0 Å². The van der Waals surface area contributed by atoms with Gasteiger partial charge in [0.25, 0.3) is 5.91 Å². The summed E-state index contributed by atoms with van der Waals surface area (Å²) in [5, 5.41) is 3.24. The molecule has 29 heavy (non-hydrogen) atoms. The molecular formula is C21H27N5O3. The Bertz CT molecular complexity index is 915. The fourth-order valence-electron chi connectivity index (χ4n) is 4.06. The van der Waals surface area contributed by atoms with Gasteiger partial charge in [0, 0.05) is 39.1 Å². The smallest absolute Gasteiger partial charge is 0.289 e. The minimum absolute atomic E-state index is 0.0957. The maximum Gasteiger partial charge on any atom is 0.289 e. The van der Waals surface area contributed by atoms with Crippen LogP contribution in [0.15, 0.2) is 22.8 Å². The quantitative estimate of drug-likeness (QED) is 0.848. The van der Waals surface area contributed by atoms with Crippen LogP contribution in [-0.4, -0.2) is 59.3 Å². The summed E-state index contributed by atoms with van der Waals surface area (Å²) < 4.78 is 5.22. The Morgan fingerprint density at radius 1 is 1.21 bits per heavy atom. The molecule has 0 atom stereocenters. The molecule has 0 bridgehead atoms. The molecule has 1 saturated heterocycles. The number of furan rings is 1. The largest absolute Gasteiger partial charge is 0.459 e. The number of carbonyl (C=O) groups excluding carboxylic acids is 2. The van der Waals surface area contributed by atoms with Crippen molar-refractivity contribution < 1.29 is 14.0 Å². The predicted octanol–water partition coefficient (Wildman–Crippen LogP) is 2.62. The molecule has 1 N–H and O–H groups in total. The van der Waals surface area contributed by atoms with Crippen LogP contribution in [0.25, 0.3) is 0 Å². The van der Waals surface area contributed by atoms with Crippen molar-refractivity contribution in [3.05, 3.63) is 35.4 Å². The lowest BCUT2D eigenvalue weighted by molar-refractivity contribution is 0.0713. The van der Waals surface area contributed by atoms with Crippen LogP contribution in [0.5, 0.6) is 0 Å². The van der Waals surface area contributed by atoms with Gasteiger partial charge in [-0.3, -0.25) is 9.59 Å². The van der Waals surface area contributed by atoms with Crippen LogP contribution in [0.2, 0.25) is 0 Å². The number of amides is 1. The lowest BCUT2D eigenvalue weighted by atomic mass is 9.75. The topological polar surface area (TPSA) is 91.6 Å². The standard InChI is InChI=1S/C21H27N5O3/c1-4-22-18-17-14(12-21(2,3)13-15(17)27)23-20(24-18)26-9-7-25(8-10-26)19(28)16-6-5-11-29-16/h5-6,11H,4,7-10,12-13H2,1-3H3,(H,22,23,24). The molecule has 2 aromatic rings. The van der Waals surface area contributed by atoms with Gasteiger partial charge in [-0.1, -0.05) is 13.8 Å². The van der Waals surface area contributed by atoms with Crippen LogP contribution in [0.1, 0.15) is 53.8 Å². The molecular weight excluding hydrogens is 370 g/mol. The summed E-state index contributed by atoms with van der Waals surface area (Å²) in [5.41, 5.74) is 1.36. The van der Waals surface area contributed by atoms with Gasteiger partial charge in [-0.2, -0.15) is 4.98 Å². The SMILES string of the molecule is CCNc1nc(N2CCN(C(=O)c3ccco3)CC2)nc2c1C(=O)CC(C)(C)C2. The summed E-state index contributed by atoms with van der Waals surface area (Å²) in [6.07, 6.45) is 2.77. The number of aromatic nitrogens is 2. The van der Waals surface area contributed by atoms with Crippen molar-refractivity contribution in [3.63, 3.8) is 0 Å². The van der Waals surface area contributed by atoms with Crippen molar-refractivity contribution >= 4 is 23.5 Å². The summed E-state index contributed by atoms with van der Waals surface area (Å²) in [5.74, 6) is 1.62. The highest BCUT2D eigenvalue weighted by Gasteiger charge is 2.35. The highest BCUT2D eigenvalue weighted by atomic mass is 16.3. The molecule has 0 saturated carbocycles. The van der Waals surface area contributed by atoms with Gasteiger partial charge in [-0.05, 0) is 30.9 Å². The third kappa shape index (κ3) is 3.83. The Morgan fingerprint density at radius 2 is 1.97 bits per heavy atom. The lowest BCUT2D eigenvalue weighted by Crippen LogP contribution is -2.49. The molecule has 1 aliphatic carbocycles. The van der Waals surface area contributed by atoms with Crippen molar-refractivity contribution in [2.24, 2.45) is 5.41 Å². The van der Waals surface area contributed by atoms with Crippen LogP contribution >= 0.6 is 0 Å². The third-order valence-corrected chi connectivity index (χ3v) is 5.46. The normalized spacial score (nSPS) is 18.5. The second-order valence-corrected chi connectivity index (χ2v) is 8.42. The second kappa shape index (κ2) is 7.50. The summed E-state index contributed by atoms with van der Waals surface area (Å²) >= 11 is 0.